The first-order valence-electron chi connectivity index (χ1n) is 10.5. The van der Waals surface area contributed by atoms with Crippen LogP contribution in [0.1, 0.15) is 38.7 Å². The van der Waals surface area contributed by atoms with Crippen molar-refractivity contribution in [1.29, 1.82) is 0 Å². The second-order valence-corrected chi connectivity index (χ2v) is 7.98. The molecule has 174 valence electrons. The number of hydroxylamine groups is 1. The van der Waals surface area contributed by atoms with Crippen LogP contribution >= 0.6 is 15.9 Å². The van der Waals surface area contributed by atoms with E-state index in [1.807, 2.05) is 36.4 Å². The molecule has 3 aromatic rings. The fourth-order valence-electron chi connectivity index (χ4n) is 3.25. The van der Waals surface area contributed by atoms with Crippen LogP contribution in [0.4, 0.5) is 0 Å². The Morgan fingerprint density at radius 3 is 2.38 bits per heavy atom. The van der Waals surface area contributed by atoms with Gasteiger partial charge in [-0.3, -0.25) is 19.6 Å². The minimum Gasteiger partial charge on any atom is -0.350 e. The molecule has 0 fully saturated rings. The Hall–Kier alpha value is -3.75. The van der Waals surface area contributed by atoms with Gasteiger partial charge in [0, 0.05) is 23.5 Å². The Kier molecular flexibility index (Phi) is 9.13. The Balaban J connectivity index is 1.86. The molecule has 34 heavy (non-hydrogen) atoms. The van der Waals surface area contributed by atoms with E-state index in [0.717, 1.165) is 17.2 Å². The van der Waals surface area contributed by atoms with E-state index in [4.69, 9.17) is 5.21 Å². The van der Waals surface area contributed by atoms with Crippen LogP contribution in [0.15, 0.2) is 84.9 Å². The summed E-state index contributed by atoms with van der Waals surface area (Å²) < 4.78 is 0. The van der Waals surface area contributed by atoms with Crippen LogP contribution in [-0.4, -0.2) is 22.9 Å². The third kappa shape index (κ3) is 7.13. The summed E-state index contributed by atoms with van der Waals surface area (Å²) in [6.45, 7) is 0.307. The van der Waals surface area contributed by atoms with Gasteiger partial charge < -0.3 is 10.6 Å². The maximum Gasteiger partial charge on any atom is 0.267 e. The van der Waals surface area contributed by atoms with E-state index in [2.05, 4.69) is 26.6 Å². The fraction of sp³-hybridized carbons (Fsp3) is 0.115. The monoisotopic (exact) mass is 521 g/mol. The van der Waals surface area contributed by atoms with Gasteiger partial charge in [0.15, 0.2) is 0 Å². The normalized spacial score (nSPS) is 11.6. The van der Waals surface area contributed by atoms with Crippen molar-refractivity contribution in [2.75, 3.05) is 0 Å². The highest BCUT2D eigenvalue weighted by Gasteiger charge is 2.23. The molecule has 0 aliphatic rings. The van der Waals surface area contributed by atoms with Crippen molar-refractivity contribution in [2.45, 2.75) is 17.9 Å². The molecule has 0 aromatic heterocycles. The predicted octanol–water partition coefficient (Wildman–Crippen LogP) is 3.89. The molecule has 1 atom stereocenters. The summed E-state index contributed by atoms with van der Waals surface area (Å²) in [7, 11) is 0. The molecule has 0 aliphatic carbocycles. The molecule has 3 aromatic carbocycles. The van der Waals surface area contributed by atoms with Gasteiger partial charge in [-0.1, -0.05) is 76.6 Å². The molecule has 4 N–H and O–H groups in total. The van der Waals surface area contributed by atoms with Crippen LogP contribution in [0, 0.1) is 0 Å². The quantitative estimate of drug-likeness (QED) is 0.148. The molecular formula is C26H24BrN3O4. The smallest absolute Gasteiger partial charge is 0.267 e. The van der Waals surface area contributed by atoms with Crippen molar-refractivity contribution < 1.29 is 19.6 Å². The molecule has 0 saturated heterocycles. The summed E-state index contributed by atoms with van der Waals surface area (Å²) >= 11 is 3.39. The first kappa shape index (κ1) is 24.9. The molecule has 0 spiro atoms. The zero-order valence-corrected chi connectivity index (χ0v) is 19.8. The summed E-state index contributed by atoms with van der Waals surface area (Å²) in [6.07, 6.45) is 2.66. The van der Waals surface area contributed by atoms with Gasteiger partial charge in [0.1, 0.15) is 6.04 Å². The first-order valence-corrected chi connectivity index (χ1v) is 11.6. The summed E-state index contributed by atoms with van der Waals surface area (Å²) in [4.78, 5) is 37.5. The van der Waals surface area contributed by atoms with Crippen LogP contribution in [-0.2, 0) is 21.5 Å². The van der Waals surface area contributed by atoms with Crippen molar-refractivity contribution in [3.8, 4) is 0 Å². The van der Waals surface area contributed by atoms with Crippen LogP contribution in [0.25, 0.3) is 6.08 Å². The number of rotatable bonds is 9. The highest BCUT2D eigenvalue weighted by atomic mass is 79.9. The average molecular weight is 522 g/mol. The SMILES string of the molecule is O=C(C=Cc1cccc(C(NC(=O)c2cccc(CBr)c2)C(=O)NCc2ccccc2)c1)NO. The highest BCUT2D eigenvalue weighted by Crippen LogP contribution is 2.18. The number of carbonyl (C=O) groups is 3. The molecule has 0 heterocycles. The molecular weight excluding hydrogens is 498 g/mol. The molecule has 0 radical (unpaired) electrons. The Bertz CT molecular complexity index is 1180. The first-order chi connectivity index (χ1) is 16.5. The zero-order valence-electron chi connectivity index (χ0n) is 18.2. The summed E-state index contributed by atoms with van der Waals surface area (Å²) in [5.74, 6) is -1.44. The molecule has 3 amide bonds. The fourth-order valence-corrected chi connectivity index (χ4v) is 3.60. The van der Waals surface area contributed by atoms with Crippen molar-refractivity contribution in [3.05, 3.63) is 113 Å². The highest BCUT2D eigenvalue weighted by molar-refractivity contribution is 9.08. The number of halogens is 1. The number of alkyl halides is 1. The molecule has 0 saturated carbocycles. The van der Waals surface area contributed by atoms with Gasteiger partial charge in [0.05, 0.1) is 0 Å². The summed E-state index contributed by atoms with van der Waals surface area (Å²) in [6, 6.07) is 22.5. The lowest BCUT2D eigenvalue weighted by atomic mass is 10.0. The van der Waals surface area contributed by atoms with E-state index in [-0.39, 0.29) is 11.8 Å². The lowest BCUT2D eigenvalue weighted by Gasteiger charge is -2.20. The van der Waals surface area contributed by atoms with Gasteiger partial charge in [0.25, 0.3) is 11.8 Å². The van der Waals surface area contributed by atoms with E-state index >= 15 is 0 Å². The number of hydrogen-bond donors (Lipinski definition) is 4. The van der Waals surface area contributed by atoms with E-state index < -0.39 is 11.9 Å². The minimum absolute atomic E-state index is 0.307. The molecule has 0 bridgehead atoms. The third-order valence-corrected chi connectivity index (χ3v) is 5.62. The predicted molar refractivity (Wildman–Crippen MR) is 133 cm³/mol. The number of nitrogens with one attached hydrogen (secondary N) is 3. The number of hydrogen-bond acceptors (Lipinski definition) is 4. The largest absolute Gasteiger partial charge is 0.350 e. The van der Waals surface area contributed by atoms with Crippen molar-refractivity contribution in [2.24, 2.45) is 0 Å². The van der Waals surface area contributed by atoms with Gasteiger partial charge in [-0.05, 0) is 46.5 Å². The van der Waals surface area contributed by atoms with Crippen LogP contribution in [0.2, 0.25) is 0 Å². The maximum atomic E-state index is 13.2. The van der Waals surface area contributed by atoms with Gasteiger partial charge in [0.2, 0.25) is 5.91 Å². The molecule has 7 nitrogen and oxygen atoms in total. The summed E-state index contributed by atoms with van der Waals surface area (Å²) in [5, 5.41) is 15.0. The van der Waals surface area contributed by atoms with Crippen molar-refractivity contribution in [3.63, 3.8) is 0 Å². The van der Waals surface area contributed by atoms with E-state index in [9.17, 15) is 14.4 Å². The Morgan fingerprint density at radius 2 is 1.65 bits per heavy atom. The Morgan fingerprint density at radius 1 is 0.912 bits per heavy atom. The van der Waals surface area contributed by atoms with Gasteiger partial charge in [-0.25, -0.2) is 5.48 Å². The standard InChI is InChI=1S/C26H24BrN3O4/c27-16-20-9-5-11-22(15-20)25(32)29-24(26(33)28-17-19-6-2-1-3-7-19)21-10-4-8-18(14-21)12-13-23(31)30-34/h1-15,24,34H,16-17H2,(H,28,33)(H,29,32)(H,30,31). The lowest BCUT2D eigenvalue weighted by molar-refractivity contribution is -0.124. The van der Waals surface area contributed by atoms with E-state index in [1.165, 1.54) is 11.6 Å². The minimum atomic E-state index is -0.969. The van der Waals surface area contributed by atoms with Crippen LogP contribution in [0.5, 0.6) is 0 Å². The van der Waals surface area contributed by atoms with Gasteiger partial charge in [-0.15, -0.1) is 0 Å². The Labute approximate surface area is 206 Å². The maximum absolute atomic E-state index is 13.2. The zero-order chi connectivity index (χ0) is 24.3. The second-order valence-electron chi connectivity index (χ2n) is 7.42. The average Bonchev–Trinajstić information content (AvgIpc) is 2.89. The van der Waals surface area contributed by atoms with Crippen LogP contribution < -0.4 is 16.1 Å². The second kappa shape index (κ2) is 12.5. The number of benzene rings is 3. The van der Waals surface area contributed by atoms with Crippen LogP contribution in [0.3, 0.4) is 0 Å². The van der Waals surface area contributed by atoms with Crippen molar-refractivity contribution >= 4 is 39.7 Å². The number of amides is 3. The van der Waals surface area contributed by atoms with Gasteiger partial charge >= 0.3 is 0 Å². The molecule has 0 aliphatic heterocycles. The molecule has 1 unspecified atom stereocenters. The summed E-state index contributed by atoms with van der Waals surface area (Å²) in [5.41, 5.74) is 5.00. The van der Waals surface area contributed by atoms with Gasteiger partial charge in [-0.2, -0.15) is 0 Å². The topological polar surface area (TPSA) is 108 Å². The van der Waals surface area contributed by atoms with E-state index in [1.54, 1.807) is 42.5 Å². The van der Waals surface area contributed by atoms with Crippen molar-refractivity contribution in [1.82, 2.24) is 16.1 Å². The lowest BCUT2D eigenvalue weighted by Crippen LogP contribution is -2.40. The molecule has 8 heteroatoms. The van der Waals surface area contributed by atoms with E-state index in [0.29, 0.717) is 28.6 Å². The third-order valence-electron chi connectivity index (χ3n) is 4.97. The number of carbonyl (C=O) groups excluding carboxylic acids is 3. The molecule has 3 rings (SSSR count).